The van der Waals surface area contributed by atoms with Gasteiger partial charge in [-0.3, -0.25) is 4.79 Å². The van der Waals surface area contributed by atoms with Crippen molar-refractivity contribution in [2.45, 2.75) is 20.4 Å². The number of hydrogen-bond acceptors (Lipinski definition) is 7. The minimum atomic E-state index is -0.361. The highest BCUT2D eigenvalue weighted by molar-refractivity contribution is 5.82. The van der Waals surface area contributed by atoms with E-state index in [9.17, 15) is 4.79 Å². The van der Waals surface area contributed by atoms with Gasteiger partial charge in [-0.15, -0.1) is 0 Å². The number of anilines is 2. The van der Waals surface area contributed by atoms with Crippen LogP contribution in [0.2, 0.25) is 0 Å². The number of aromatic nitrogens is 4. The second-order valence-electron chi connectivity index (χ2n) is 4.75. The Bertz CT molecular complexity index is 660. The first kappa shape index (κ1) is 16.4. The zero-order valence-corrected chi connectivity index (χ0v) is 13.2. The monoisotopic (exact) mass is 316 g/mol. The fourth-order valence-electron chi connectivity index (χ4n) is 2.03. The van der Waals surface area contributed by atoms with Crippen molar-refractivity contribution in [3.05, 3.63) is 29.8 Å². The maximum atomic E-state index is 11.7. The van der Waals surface area contributed by atoms with Crippen molar-refractivity contribution in [3.8, 4) is 0 Å². The lowest BCUT2D eigenvalue weighted by Gasteiger charge is -2.20. The van der Waals surface area contributed by atoms with Crippen LogP contribution in [0.1, 0.15) is 19.4 Å². The van der Waals surface area contributed by atoms with Gasteiger partial charge in [-0.1, -0.05) is 17.2 Å². The first-order valence-electron chi connectivity index (χ1n) is 7.32. The molecule has 0 radical (unpaired) electrons. The van der Waals surface area contributed by atoms with Crippen LogP contribution in [0.15, 0.2) is 29.4 Å². The van der Waals surface area contributed by atoms with Crippen molar-refractivity contribution < 1.29 is 4.79 Å². The number of hydrogen-bond donors (Lipinski definition) is 2. The van der Waals surface area contributed by atoms with Crippen molar-refractivity contribution in [2.75, 3.05) is 23.7 Å². The highest BCUT2D eigenvalue weighted by Gasteiger charge is 2.06. The number of hydrazone groups is 1. The minimum absolute atomic E-state index is 0.0797. The molecule has 2 aromatic rings. The van der Waals surface area contributed by atoms with Crippen LogP contribution in [-0.2, 0) is 11.3 Å². The van der Waals surface area contributed by atoms with Crippen molar-refractivity contribution in [2.24, 2.45) is 5.10 Å². The summed E-state index contributed by atoms with van der Waals surface area (Å²) < 4.78 is 1.18. The predicted octanol–water partition coefficient (Wildman–Crippen LogP) is 0.252. The molecule has 0 saturated heterocycles. The lowest BCUT2D eigenvalue weighted by Crippen LogP contribution is -2.24. The zero-order valence-electron chi connectivity index (χ0n) is 13.2. The van der Waals surface area contributed by atoms with Gasteiger partial charge >= 0.3 is 0 Å². The Balaban J connectivity index is 1.88. The Kier molecular flexibility index (Phi) is 5.61. The smallest absolute Gasteiger partial charge is 0.261 e. The van der Waals surface area contributed by atoms with Gasteiger partial charge in [0.15, 0.2) is 0 Å². The maximum absolute atomic E-state index is 11.7. The average molecular weight is 316 g/mol. The Morgan fingerprint density at radius 3 is 2.61 bits per heavy atom. The van der Waals surface area contributed by atoms with E-state index in [1.54, 1.807) is 6.21 Å². The van der Waals surface area contributed by atoms with Crippen LogP contribution in [-0.4, -0.2) is 45.4 Å². The van der Waals surface area contributed by atoms with E-state index < -0.39 is 0 Å². The molecule has 0 atom stereocenters. The van der Waals surface area contributed by atoms with E-state index in [-0.39, 0.29) is 18.4 Å². The van der Waals surface area contributed by atoms with Crippen molar-refractivity contribution in [1.82, 2.24) is 25.6 Å². The maximum Gasteiger partial charge on any atom is 0.261 e. The number of benzene rings is 1. The number of nitrogens with one attached hydrogen (secondary N) is 1. The Labute approximate surface area is 134 Å². The van der Waals surface area contributed by atoms with E-state index in [1.807, 2.05) is 24.3 Å². The van der Waals surface area contributed by atoms with Crippen LogP contribution in [0, 0.1) is 0 Å². The molecule has 1 heterocycles. The van der Waals surface area contributed by atoms with Crippen molar-refractivity contribution >= 4 is 23.8 Å². The van der Waals surface area contributed by atoms with Gasteiger partial charge in [-0.05, 0) is 42.0 Å². The number of carbonyl (C=O) groups is 1. The molecule has 23 heavy (non-hydrogen) atoms. The third kappa shape index (κ3) is 4.50. The molecule has 0 saturated carbocycles. The molecule has 1 amide bonds. The summed E-state index contributed by atoms with van der Waals surface area (Å²) in [5.41, 5.74) is 9.93. The fourth-order valence-corrected chi connectivity index (χ4v) is 2.03. The van der Waals surface area contributed by atoms with Crippen LogP contribution < -0.4 is 16.1 Å². The van der Waals surface area contributed by atoms with Crippen LogP contribution in [0.3, 0.4) is 0 Å². The average Bonchev–Trinajstić information content (AvgIpc) is 2.95. The summed E-state index contributed by atoms with van der Waals surface area (Å²) in [6, 6.07) is 7.95. The molecule has 0 aliphatic heterocycles. The molecule has 0 bridgehead atoms. The molecule has 1 aromatic carbocycles. The lowest BCUT2D eigenvalue weighted by atomic mass is 10.2. The lowest BCUT2D eigenvalue weighted by molar-refractivity contribution is -0.121. The second kappa shape index (κ2) is 7.87. The summed E-state index contributed by atoms with van der Waals surface area (Å²) in [5.74, 6) is -0.281. The van der Waals surface area contributed by atoms with Crippen LogP contribution in [0.25, 0.3) is 0 Å². The first-order valence-corrected chi connectivity index (χ1v) is 7.32. The minimum Gasteiger partial charge on any atom is -0.372 e. The largest absolute Gasteiger partial charge is 0.372 e. The quantitative estimate of drug-likeness (QED) is 0.559. The second-order valence-corrected chi connectivity index (χ2v) is 4.75. The van der Waals surface area contributed by atoms with Gasteiger partial charge in [0.25, 0.3) is 5.91 Å². The first-order chi connectivity index (χ1) is 11.1. The van der Waals surface area contributed by atoms with E-state index >= 15 is 0 Å². The molecular weight excluding hydrogens is 296 g/mol. The summed E-state index contributed by atoms with van der Waals surface area (Å²) in [6.45, 7) is 6.06. The van der Waals surface area contributed by atoms with E-state index in [0.717, 1.165) is 24.3 Å². The van der Waals surface area contributed by atoms with Gasteiger partial charge in [0, 0.05) is 18.8 Å². The van der Waals surface area contributed by atoms with Gasteiger partial charge in [-0.25, -0.2) is 10.1 Å². The molecule has 0 aliphatic rings. The summed E-state index contributed by atoms with van der Waals surface area (Å²) >= 11 is 0. The van der Waals surface area contributed by atoms with Gasteiger partial charge in [0.05, 0.1) is 6.21 Å². The molecular formula is C14H20N8O. The van der Waals surface area contributed by atoms with E-state index in [0.29, 0.717) is 0 Å². The van der Waals surface area contributed by atoms with Crippen LogP contribution in [0.5, 0.6) is 0 Å². The van der Waals surface area contributed by atoms with Gasteiger partial charge in [0.2, 0.25) is 5.95 Å². The highest BCUT2D eigenvalue weighted by atomic mass is 16.2. The number of rotatable bonds is 7. The third-order valence-corrected chi connectivity index (χ3v) is 3.28. The molecule has 3 N–H and O–H groups in total. The number of nitrogen functional groups attached to an aromatic ring is 1. The number of amides is 1. The van der Waals surface area contributed by atoms with Gasteiger partial charge in [-0.2, -0.15) is 5.10 Å². The van der Waals surface area contributed by atoms with E-state index in [4.69, 9.17) is 5.73 Å². The summed E-state index contributed by atoms with van der Waals surface area (Å²) in [6.07, 6.45) is 1.58. The summed E-state index contributed by atoms with van der Waals surface area (Å²) in [5, 5.41) is 14.3. The normalized spacial score (nSPS) is 10.9. The molecule has 122 valence electrons. The SMILES string of the molecule is CCN(CC)c1ccc(/C=N\NC(=O)Cn2nnnc2N)cc1. The third-order valence-electron chi connectivity index (χ3n) is 3.28. The molecule has 0 unspecified atom stereocenters. The van der Waals surface area contributed by atoms with E-state index in [2.05, 4.69) is 44.8 Å². The summed E-state index contributed by atoms with van der Waals surface area (Å²) in [4.78, 5) is 13.9. The molecule has 2 rings (SSSR count). The number of nitrogens with two attached hydrogens (primary N) is 1. The molecule has 1 aromatic heterocycles. The number of carbonyl (C=O) groups excluding carboxylic acids is 1. The molecule has 0 fully saturated rings. The van der Waals surface area contributed by atoms with Gasteiger partial charge in [0.1, 0.15) is 6.54 Å². The number of tetrazole rings is 1. The Morgan fingerprint density at radius 2 is 2.04 bits per heavy atom. The highest BCUT2D eigenvalue weighted by Crippen LogP contribution is 2.13. The number of nitrogens with zero attached hydrogens (tertiary/aromatic N) is 6. The zero-order chi connectivity index (χ0) is 16.7. The predicted molar refractivity (Wildman–Crippen MR) is 88.0 cm³/mol. The van der Waals surface area contributed by atoms with Crippen molar-refractivity contribution in [1.29, 1.82) is 0 Å². The van der Waals surface area contributed by atoms with Gasteiger partial charge < -0.3 is 10.6 Å². The Hall–Kier alpha value is -2.97. The molecule has 9 nitrogen and oxygen atoms in total. The van der Waals surface area contributed by atoms with Crippen LogP contribution >= 0.6 is 0 Å². The van der Waals surface area contributed by atoms with E-state index in [1.165, 1.54) is 4.68 Å². The topological polar surface area (TPSA) is 114 Å². The van der Waals surface area contributed by atoms with Crippen LogP contribution in [0.4, 0.5) is 11.6 Å². The fraction of sp³-hybridized carbons (Fsp3) is 0.357. The summed E-state index contributed by atoms with van der Waals surface area (Å²) in [7, 11) is 0. The molecule has 9 heteroatoms. The molecule has 0 spiro atoms. The molecule has 0 aliphatic carbocycles. The standard InChI is InChI=1S/C14H20N8O/c1-3-21(4-2)12-7-5-11(6-8-12)9-16-17-13(23)10-22-14(15)18-19-20-22/h5-9H,3-4,10H2,1-2H3,(H,17,23)(H2,15,18,20)/b16-9-. The van der Waals surface area contributed by atoms with Crippen molar-refractivity contribution in [3.63, 3.8) is 0 Å². The Morgan fingerprint density at radius 1 is 1.35 bits per heavy atom.